The molecule has 0 bridgehead atoms. The Morgan fingerprint density at radius 3 is 2.75 bits per heavy atom. The van der Waals surface area contributed by atoms with Gasteiger partial charge in [-0.1, -0.05) is 25.1 Å². The number of cyclic esters (lactones) is 1. The molecular weight excluding hydrogens is 465 g/mol. The molecule has 1 saturated heterocycles. The number of para-hydroxylation sites is 1. The number of likely N-dealkylation sites (tertiary alicyclic amines) is 1. The third-order valence-corrected chi connectivity index (χ3v) is 7.74. The molecule has 1 aromatic carbocycles. The molecule has 3 aliphatic rings. The van der Waals surface area contributed by atoms with Crippen molar-refractivity contribution in [2.45, 2.75) is 44.9 Å². The number of rotatable bonds is 3. The summed E-state index contributed by atoms with van der Waals surface area (Å²) in [5.41, 5.74) is 1.62. The fraction of sp³-hybridized carbons (Fsp3) is 0.407. The van der Waals surface area contributed by atoms with E-state index in [1.165, 1.54) is 4.90 Å². The fourth-order valence-corrected chi connectivity index (χ4v) is 5.57. The van der Waals surface area contributed by atoms with E-state index in [0.717, 1.165) is 16.5 Å². The van der Waals surface area contributed by atoms with Crippen molar-refractivity contribution >= 4 is 23.0 Å². The van der Waals surface area contributed by atoms with Gasteiger partial charge in [0.25, 0.3) is 5.56 Å². The number of hydrogen-bond acceptors (Lipinski definition) is 6. The van der Waals surface area contributed by atoms with E-state index in [0.29, 0.717) is 55.0 Å². The van der Waals surface area contributed by atoms with Crippen molar-refractivity contribution in [3.05, 3.63) is 63.4 Å². The van der Waals surface area contributed by atoms with Gasteiger partial charge in [-0.25, -0.2) is 14.6 Å². The third-order valence-electron chi connectivity index (χ3n) is 7.74. The molecule has 0 unspecified atom stereocenters. The standard InChI is InChI=1S/C27H26FN3O5/c1-2-27(36-26(34)30-9-7-16(13-28)8-10-30)20-12-22-23-18(11-17-5-3-4-6-21(17)29-23)14-31(22)24(32)19(20)15-35-25(27)33/h3-6,11-12,16H,2,7-10,13-15H2,1H3/t27-/m0/s1. The Hall–Kier alpha value is -3.75. The molecule has 3 aromatic rings. The second-order valence-corrected chi connectivity index (χ2v) is 9.71. The van der Waals surface area contributed by atoms with Gasteiger partial charge < -0.3 is 18.9 Å². The van der Waals surface area contributed by atoms with Crippen molar-refractivity contribution in [1.29, 1.82) is 0 Å². The number of carbonyl (C=O) groups excluding carboxylic acids is 2. The van der Waals surface area contributed by atoms with E-state index in [1.54, 1.807) is 17.6 Å². The van der Waals surface area contributed by atoms with Crippen molar-refractivity contribution in [2.75, 3.05) is 19.8 Å². The average molecular weight is 492 g/mol. The predicted octanol–water partition coefficient (Wildman–Crippen LogP) is 3.91. The van der Waals surface area contributed by atoms with Crippen LogP contribution in [-0.4, -0.2) is 46.3 Å². The minimum atomic E-state index is -1.74. The van der Waals surface area contributed by atoms with Gasteiger partial charge in [0, 0.05) is 29.6 Å². The second kappa shape index (κ2) is 8.43. The number of hydrogen-bond donors (Lipinski definition) is 0. The van der Waals surface area contributed by atoms with Crippen LogP contribution >= 0.6 is 0 Å². The lowest BCUT2D eigenvalue weighted by Crippen LogP contribution is -2.50. The first-order valence-electron chi connectivity index (χ1n) is 12.3. The third kappa shape index (κ3) is 3.32. The van der Waals surface area contributed by atoms with Crippen LogP contribution in [0.5, 0.6) is 0 Å². The number of halogens is 1. The molecule has 0 saturated carbocycles. The molecule has 0 spiro atoms. The lowest BCUT2D eigenvalue weighted by molar-refractivity contribution is -0.173. The number of aromatic nitrogens is 2. The first kappa shape index (κ1) is 22.7. The van der Waals surface area contributed by atoms with Crippen LogP contribution in [0.4, 0.5) is 9.18 Å². The van der Waals surface area contributed by atoms with E-state index in [-0.39, 0.29) is 24.5 Å². The van der Waals surface area contributed by atoms with Gasteiger partial charge in [0.2, 0.25) is 5.60 Å². The molecule has 186 valence electrons. The molecule has 5 heterocycles. The minimum absolute atomic E-state index is 0.0687. The number of pyridine rings is 2. The smallest absolute Gasteiger partial charge is 0.411 e. The Labute approximate surface area is 206 Å². The number of fused-ring (bicyclic) bond motifs is 5. The van der Waals surface area contributed by atoms with Crippen molar-refractivity contribution in [3.63, 3.8) is 0 Å². The summed E-state index contributed by atoms with van der Waals surface area (Å²) < 4.78 is 26.0. The molecule has 36 heavy (non-hydrogen) atoms. The molecule has 1 fully saturated rings. The highest BCUT2D eigenvalue weighted by molar-refractivity contribution is 5.88. The number of esters is 1. The molecular formula is C27H26FN3O5. The summed E-state index contributed by atoms with van der Waals surface area (Å²) in [6.45, 7) is 2.20. The molecule has 1 atom stereocenters. The lowest BCUT2D eigenvalue weighted by Gasteiger charge is -2.38. The minimum Gasteiger partial charge on any atom is -0.457 e. The lowest BCUT2D eigenvalue weighted by atomic mass is 9.85. The van der Waals surface area contributed by atoms with Gasteiger partial charge in [0.15, 0.2) is 0 Å². The number of ether oxygens (including phenoxy) is 2. The number of amides is 1. The van der Waals surface area contributed by atoms with Crippen molar-refractivity contribution in [3.8, 4) is 11.4 Å². The molecule has 2 aromatic heterocycles. The summed E-state index contributed by atoms with van der Waals surface area (Å²) in [5, 5.41) is 0.980. The van der Waals surface area contributed by atoms with Gasteiger partial charge in [-0.05, 0) is 43.4 Å². The Bertz CT molecular complexity index is 1460. The van der Waals surface area contributed by atoms with Gasteiger partial charge in [-0.2, -0.15) is 0 Å². The Morgan fingerprint density at radius 1 is 1.22 bits per heavy atom. The SMILES string of the molecule is CC[C@@]1(OC(=O)N2CCC(CF)CC2)C(=O)OCc2c1cc1n(c2=O)Cc2cc3ccccc3nc2-1. The van der Waals surface area contributed by atoms with Crippen LogP contribution in [0, 0.1) is 5.92 Å². The van der Waals surface area contributed by atoms with Gasteiger partial charge in [-0.15, -0.1) is 0 Å². The van der Waals surface area contributed by atoms with E-state index in [1.807, 2.05) is 30.3 Å². The van der Waals surface area contributed by atoms with E-state index in [2.05, 4.69) is 0 Å². The highest BCUT2D eigenvalue weighted by Gasteiger charge is 2.51. The number of carbonyl (C=O) groups is 2. The molecule has 1 amide bonds. The van der Waals surface area contributed by atoms with E-state index >= 15 is 0 Å². The molecule has 9 heteroatoms. The quantitative estimate of drug-likeness (QED) is 0.404. The zero-order valence-electron chi connectivity index (χ0n) is 20.0. The maximum absolute atomic E-state index is 13.6. The van der Waals surface area contributed by atoms with Crippen LogP contribution in [0.25, 0.3) is 22.3 Å². The average Bonchev–Trinajstić information content (AvgIpc) is 3.27. The van der Waals surface area contributed by atoms with Crippen LogP contribution in [0.2, 0.25) is 0 Å². The maximum atomic E-state index is 13.6. The van der Waals surface area contributed by atoms with Gasteiger partial charge >= 0.3 is 12.1 Å². The first-order valence-corrected chi connectivity index (χ1v) is 12.3. The van der Waals surface area contributed by atoms with Gasteiger partial charge in [0.05, 0.1) is 35.7 Å². The molecule has 8 nitrogen and oxygen atoms in total. The van der Waals surface area contributed by atoms with E-state index in [9.17, 15) is 18.8 Å². The fourth-order valence-electron chi connectivity index (χ4n) is 5.57. The molecule has 0 aliphatic carbocycles. The predicted molar refractivity (Wildman–Crippen MR) is 129 cm³/mol. The summed E-state index contributed by atoms with van der Waals surface area (Å²) in [4.78, 5) is 46.2. The van der Waals surface area contributed by atoms with E-state index in [4.69, 9.17) is 14.5 Å². The van der Waals surface area contributed by atoms with Crippen molar-refractivity contribution in [2.24, 2.45) is 5.92 Å². The highest BCUT2D eigenvalue weighted by atomic mass is 19.1. The molecule has 0 N–H and O–H groups in total. The Kier molecular flexibility index (Phi) is 5.31. The van der Waals surface area contributed by atoms with Crippen LogP contribution in [0.1, 0.15) is 42.9 Å². The maximum Gasteiger partial charge on any atom is 0.411 e. The summed E-state index contributed by atoms with van der Waals surface area (Å²) in [6.07, 6.45) is 0.518. The van der Waals surface area contributed by atoms with Crippen LogP contribution in [-0.2, 0) is 33.0 Å². The number of alkyl halides is 1. The number of piperidine rings is 1. The summed E-state index contributed by atoms with van der Waals surface area (Å²) in [7, 11) is 0. The topological polar surface area (TPSA) is 90.7 Å². The Balaban J connectivity index is 1.43. The summed E-state index contributed by atoms with van der Waals surface area (Å²) >= 11 is 0. The zero-order chi connectivity index (χ0) is 25.0. The monoisotopic (exact) mass is 491 g/mol. The van der Waals surface area contributed by atoms with Crippen molar-refractivity contribution < 1.29 is 23.5 Å². The second-order valence-electron chi connectivity index (χ2n) is 9.71. The van der Waals surface area contributed by atoms with Crippen LogP contribution < -0.4 is 5.56 Å². The number of nitrogens with zero attached hydrogens (tertiary/aromatic N) is 3. The van der Waals surface area contributed by atoms with Gasteiger partial charge in [0.1, 0.15) is 6.61 Å². The normalized spacial score (nSPS) is 21.1. The molecule has 6 rings (SSSR count). The van der Waals surface area contributed by atoms with Crippen molar-refractivity contribution in [1.82, 2.24) is 14.5 Å². The summed E-state index contributed by atoms with van der Waals surface area (Å²) in [5.74, 6) is -0.764. The van der Waals surface area contributed by atoms with Crippen LogP contribution in [0.3, 0.4) is 0 Å². The van der Waals surface area contributed by atoms with E-state index < -0.39 is 24.3 Å². The largest absolute Gasteiger partial charge is 0.457 e. The highest BCUT2D eigenvalue weighted by Crippen LogP contribution is 2.41. The molecule has 0 radical (unpaired) electrons. The zero-order valence-corrected chi connectivity index (χ0v) is 20.0. The first-order chi connectivity index (χ1) is 17.4. The number of benzene rings is 1. The van der Waals surface area contributed by atoms with Crippen LogP contribution in [0.15, 0.2) is 41.2 Å². The van der Waals surface area contributed by atoms with Gasteiger partial charge in [-0.3, -0.25) is 9.18 Å². The molecule has 3 aliphatic heterocycles. The summed E-state index contributed by atoms with van der Waals surface area (Å²) in [6, 6.07) is 11.5. The Morgan fingerprint density at radius 2 is 2.00 bits per heavy atom.